The zero-order chi connectivity index (χ0) is 19.8. The molecule has 0 bridgehead atoms. The molecule has 0 amide bonds. The number of aromatic nitrogens is 2. The van der Waals surface area contributed by atoms with Crippen LogP contribution in [0.1, 0.15) is 6.42 Å². The maximum Gasteiger partial charge on any atom is 0.422 e. The molecule has 8 nitrogen and oxygen atoms in total. The zero-order valence-electron chi connectivity index (χ0n) is 15.7. The molecule has 2 atom stereocenters. The van der Waals surface area contributed by atoms with Gasteiger partial charge in [0.25, 0.3) is 0 Å². The molecule has 2 heterocycles. The van der Waals surface area contributed by atoms with E-state index in [1.54, 1.807) is 17.0 Å². The first-order chi connectivity index (χ1) is 13.5. The van der Waals surface area contributed by atoms with Crippen molar-refractivity contribution in [3.63, 3.8) is 0 Å². The SMILES string of the molecule is Cn1c(N=Nc2ccc(N3CC(O)CC3C(=O)O)cc2)[n+](C)c2ccccc21. The highest BCUT2D eigenvalue weighted by Crippen LogP contribution is 2.28. The Kier molecular flexibility index (Phi) is 4.56. The van der Waals surface area contributed by atoms with Crippen LogP contribution in [-0.2, 0) is 18.9 Å². The van der Waals surface area contributed by atoms with E-state index in [0.717, 1.165) is 22.7 Å². The first-order valence-corrected chi connectivity index (χ1v) is 9.08. The van der Waals surface area contributed by atoms with Gasteiger partial charge in [-0.25, -0.2) is 13.9 Å². The Morgan fingerprint density at radius 3 is 2.54 bits per heavy atom. The average molecular weight is 380 g/mol. The van der Waals surface area contributed by atoms with Gasteiger partial charge in [-0.2, -0.15) is 0 Å². The molecular formula is C20H22N5O3+. The van der Waals surface area contributed by atoms with Gasteiger partial charge in [-0.15, -0.1) is 0 Å². The van der Waals surface area contributed by atoms with Crippen molar-refractivity contribution in [3.05, 3.63) is 48.5 Å². The minimum absolute atomic E-state index is 0.230. The number of carboxylic acid groups (broad SMARTS) is 1. The Morgan fingerprint density at radius 2 is 1.86 bits per heavy atom. The molecule has 1 saturated heterocycles. The third-order valence-corrected chi connectivity index (χ3v) is 5.20. The number of aliphatic carboxylic acids is 1. The van der Waals surface area contributed by atoms with Crippen LogP contribution in [0.5, 0.6) is 0 Å². The number of carboxylic acids is 1. The lowest BCUT2D eigenvalue weighted by atomic mass is 10.2. The molecule has 1 aliphatic rings. The largest absolute Gasteiger partial charge is 0.480 e. The Hall–Kier alpha value is -3.26. The minimum atomic E-state index is -0.927. The molecule has 2 unspecified atom stereocenters. The summed E-state index contributed by atoms with van der Waals surface area (Å²) in [7, 11) is 3.90. The van der Waals surface area contributed by atoms with Gasteiger partial charge in [0.1, 0.15) is 22.8 Å². The van der Waals surface area contributed by atoms with Crippen molar-refractivity contribution >= 4 is 34.3 Å². The van der Waals surface area contributed by atoms with Gasteiger partial charge < -0.3 is 15.1 Å². The zero-order valence-corrected chi connectivity index (χ0v) is 15.7. The normalized spacial score (nSPS) is 19.8. The number of carbonyl (C=O) groups is 1. The molecule has 28 heavy (non-hydrogen) atoms. The van der Waals surface area contributed by atoms with E-state index in [1.807, 2.05) is 59.6 Å². The maximum absolute atomic E-state index is 11.4. The van der Waals surface area contributed by atoms with Crippen LogP contribution in [0.2, 0.25) is 0 Å². The molecule has 1 aliphatic heterocycles. The van der Waals surface area contributed by atoms with Crippen molar-refractivity contribution in [2.75, 3.05) is 11.4 Å². The fourth-order valence-corrected chi connectivity index (χ4v) is 3.75. The van der Waals surface area contributed by atoms with Gasteiger partial charge >= 0.3 is 11.9 Å². The highest BCUT2D eigenvalue weighted by Gasteiger charge is 2.36. The van der Waals surface area contributed by atoms with Gasteiger partial charge in [-0.05, 0) is 36.4 Å². The summed E-state index contributed by atoms with van der Waals surface area (Å²) in [5.74, 6) is -0.206. The van der Waals surface area contributed by atoms with Gasteiger partial charge in [0.2, 0.25) is 0 Å². The number of anilines is 1. The predicted octanol–water partition coefficient (Wildman–Crippen LogP) is 2.44. The molecule has 3 aromatic rings. The third-order valence-electron chi connectivity index (χ3n) is 5.20. The molecule has 0 saturated carbocycles. The van der Waals surface area contributed by atoms with Gasteiger partial charge in [-0.1, -0.05) is 17.2 Å². The number of benzene rings is 2. The van der Waals surface area contributed by atoms with E-state index in [9.17, 15) is 15.0 Å². The van der Waals surface area contributed by atoms with Crippen molar-refractivity contribution in [3.8, 4) is 0 Å². The fraction of sp³-hybridized carbons (Fsp3) is 0.300. The summed E-state index contributed by atoms with van der Waals surface area (Å²) >= 11 is 0. The van der Waals surface area contributed by atoms with E-state index in [0.29, 0.717) is 12.2 Å². The fourth-order valence-electron chi connectivity index (χ4n) is 3.75. The number of imidazole rings is 1. The van der Waals surface area contributed by atoms with Crippen molar-refractivity contribution in [1.82, 2.24) is 4.57 Å². The van der Waals surface area contributed by atoms with E-state index in [4.69, 9.17) is 0 Å². The first kappa shape index (κ1) is 18.1. The number of hydrogen-bond donors (Lipinski definition) is 2. The second kappa shape index (κ2) is 7.05. The van der Waals surface area contributed by atoms with Crippen molar-refractivity contribution in [1.29, 1.82) is 0 Å². The van der Waals surface area contributed by atoms with E-state index in [2.05, 4.69) is 10.2 Å². The topological polar surface area (TPSA) is 94.3 Å². The van der Waals surface area contributed by atoms with Gasteiger partial charge in [-0.3, -0.25) is 0 Å². The number of fused-ring (bicyclic) bond motifs is 1. The lowest BCUT2D eigenvalue weighted by molar-refractivity contribution is -0.632. The van der Waals surface area contributed by atoms with Crippen LogP contribution in [0.15, 0.2) is 58.8 Å². The maximum atomic E-state index is 11.4. The number of aliphatic hydroxyl groups is 1. The molecule has 1 fully saturated rings. The van der Waals surface area contributed by atoms with Crippen LogP contribution in [0, 0.1) is 0 Å². The molecular weight excluding hydrogens is 358 g/mol. The van der Waals surface area contributed by atoms with E-state index >= 15 is 0 Å². The third kappa shape index (κ3) is 3.11. The molecule has 2 aromatic carbocycles. The average Bonchev–Trinajstić information content (AvgIpc) is 3.20. The molecule has 0 spiro atoms. The van der Waals surface area contributed by atoms with Gasteiger partial charge in [0.15, 0.2) is 0 Å². The van der Waals surface area contributed by atoms with Crippen LogP contribution in [0.3, 0.4) is 0 Å². The van der Waals surface area contributed by atoms with Crippen molar-refractivity contribution in [2.45, 2.75) is 18.6 Å². The van der Waals surface area contributed by atoms with Crippen LogP contribution in [0.25, 0.3) is 11.0 Å². The summed E-state index contributed by atoms with van der Waals surface area (Å²) in [5.41, 5.74) is 3.56. The first-order valence-electron chi connectivity index (χ1n) is 9.08. The molecule has 8 heteroatoms. The number of aryl methyl sites for hydroxylation is 2. The van der Waals surface area contributed by atoms with Crippen LogP contribution < -0.4 is 9.47 Å². The van der Waals surface area contributed by atoms with Crippen molar-refractivity contribution < 1.29 is 19.6 Å². The van der Waals surface area contributed by atoms with E-state index in [1.165, 1.54) is 0 Å². The summed E-state index contributed by atoms with van der Waals surface area (Å²) < 4.78 is 3.96. The summed E-state index contributed by atoms with van der Waals surface area (Å²) in [6.45, 7) is 0.309. The number of rotatable bonds is 4. The molecule has 2 N–H and O–H groups in total. The van der Waals surface area contributed by atoms with Crippen molar-refractivity contribution in [2.24, 2.45) is 24.3 Å². The van der Waals surface area contributed by atoms with Crippen LogP contribution in [-0.4, -0.2) is 39.4 Å². The Bertz CT molecular complexity index is 1020. The van der Waals surface area contributed by atoms with E-state index < -0.39 is 18.1 Å². The van der Waals surface area contributed by atoms with Crippen LogP contribution in [0.4, 0.5) is 17.3 Å². The van der Waals surface area contributed by atoms with E-state index in [-0.39, 0.29) is 6.42 Å². The molecule has 144 valence electrons. The number of para-hydroxylation sites is 2. The Labute approximate surface area is 162 Å². The highest BCUT2D eigenvalue weighted by atomic mass is 16.4. The number of aliphatic hydroxyl groups excluding tert-OH is 1. The monoisotopic (exact) mass is 380 g/mol. The van der Waals surface area contributed by atoms with Gasteiger partial charge in [0, 0.05) is 23.8 Å². The van der Waals surface area contributed by atoms with Gasteiger partial charge in [0.05, 0.1) is 20.2 Å². The predicted molar refractivity (Wildman–Crippen MR) is 104 cm³/mol. The van der Waals surface area contributed by atoms with Crippen LogP contribution >= 0.6 is 0 Å². The Balaban J connectivity index is 1.58. The number of β-amino-alcohol motifs (C(OH)–C–C–N with tert-alkyl or cyclic N) is 1. The minimum Gasteiger partial charge on any atom is -0.480 e. The standard InChI is InChI=1S/C20H21N5O3/c1-23-16-5-3-4-6-17(16)24(2)20(23)22-21-13-7-9-14(10-8-13)25-12-15(26)11-18(25)19(27)28/h3-10,15,18,26H,11-12H2,1-2H3/p+1. The second-order valence-electron chi connectivity index (χ2n) is 7.02. The second-order valence-corrected chi connectivity index (χ2v) is 7.02. The molecule has 0 aliphatic carbocycles. The number of hydrogen-bond acceptors (Lipinski definition) is 5. The molecule has 1 aromatic heterocycles. The number of nitrogens with zero attached hydrogens (tertiary/aromatic N) is 5. The smallest absolute Gasteiger partial charge is 0.422 e. The molecule has 0 radical (unpaired) electrons. The summed E-state index contributed by atoms with van der Waals surface area (Å²) in [4.78, 5) is 13.1. The summed E-state index contributed by atoms with van der Waals surface area (Å²) in [6.07, 6.45) is -0.402. The number of azo groups is 1. The Morgan fingerprint density at radius 1 is 1.14 bits per heavy atom. The lowest BCUT2D eigenvalue weighted by Gasteiger charge is -2.23. The summed E-state index contributed by atoms with van der Waals surface area (Å²) in [5, 5.41) is 27.9. The quantitative estimate of drug-likeness (QED) is 0.537. The lowest BCUT2D eigenvalue weighted by Crippen LogP contribution is -2.35. The summed E-state index contributed by atoms with van der Waals surface area (Å²) in [6, 6.07) is 14.5. The molecule has 4 rings (SSSR count). The highest BCUT2D eigenvalue weighted by molar-refractivity contribution is 5.79.